The largest absolute Gasteiger partial charge is 0.355 e. The number of amides is 1. The molecule has 1 fully saturated rings. The first-order chi connectivity index (χ1) is 12.5. The van der Waals surface area contributed by atoms with Crippen LogP contribution in [0, 0.1) is 11.7 Å². The zero-order chi connectivity index (χ0) is 18.8. The summed E-state index contributed by atoms with van der Waals surface area (Å²) in [4.78, 5) is 16.4. The maximum absolute atomic E-state index is 12.9. The van der Waals surface area contributed by atoms with Crippen LogP contribution in [-0.2, 0) is 4.79 Å². The minimum absolute atomic E-state index is 0.177. The van der Waals surface area contributed by atoms with Gasteiger partial charge < -0.3 is 10.2 Å². The molecule has 0 saturated carbocycles. The van der Waals surface area contributed by atoms with Crippen LogP contribution in [0.15, 0.2) is 30.3 Å². The average Bonchev–Trinajstić information content (AvgIpc) is 2.62. The maximum atomic E-state index is 12.9. The van der Waals surface area contributed by atoms with Crippen LogP contribution in [0.3, 0.4) is 0 Å². The van der Waals surface area contributed by atoms with Crippen molar-refractivity contribution >= 4 is 12.0 Å². The van der Waals surface area contributed by atoms with E-state index in [2.05, 4.69) is 21.2 Å². The Hall–Kier alpha value is -1.72. The Morgan fingerprint density at radius 2 is 1.96 bits per heavy atom. The number of hydrogen-bond donors (Lipinski definition) is 1. The number of benzene rings is 1. The van der Waals surface area contributed by atoms with Crippen molar-refractivity contribution < 1.29 is 9.18 Å². The molecule has 1 aromatic rings. The van der Waals surface area contributed by atoms with Gasteiger partial charge in [-0.05, 0) is 70.1 Å². The van der Waals surface area contributed by atoms with Crippen molar-refractivity contribution in [3.8, 4) is 0 Å². The van der Waals surface area contributed by atoms with Gasteiger partial charge in [-0.15, -0.1) is 0 Å². The van der Waals surface area contributed by atoms with Crippen LogP contribution in [0.2, 0.25) is 0 Å². The summed E-state index contributed by atoms with van der Waals surface area (Å²) in [6.07, 6.45) is 8.15. The summed E-state index contributed by atoms with van der Waals surface area (Å²) in [6, 6.07) is 6.56. The molecule has 1 aliphatic heterocycles. The number of rotatable bonds is 9. The molecule has 1 saturated heterocycles. The molecular weight excluding hydrogens is 329 g/mol. The second-order valence-corrected chi connectivity index (χ2v) is 7.39. The lowest BCUT2D eigenvalue weighted by molar-refractivity contribution is -0.121. The maximum Gasteiger partial charge on any atom is 0.220 e. The van der Waals surface area contributed by atoms with Crippen LogP contribution >= 0.6 is 0 Å². The molecule has 0 aromatic heterocycles. The van der Waals surface area contributed by atoms with Gasteiger partial charge in [0.2, 0.25) is 5.91 Å². The van der Waals surface area contributed by atoms with E-state index in [1.54, 1.807) is 12.1 Å². The summed E-state index contributed by atoms with van der Waals surface area (Å²) in [5, 5.41) is 2.99. The van der Waals surface area contributed by atoms with Gasteiger partial charge in [-0.3, -0.25) is 9.69 Å². The van der Waals surface area contributed by atoms with Crippen LogP contribution in [0.5, 0.6) is 0 Å². The van der Waals surface area contributed by atoms with E-state index in [4.69, 9.17) is 0 Å². The normalized spacial score (nSPS) is 16.5. The average molecular weight is 362 g/mol. The fourth-order valence-electron chi connectivity index (χ4n) is 3.21. The Balaban J connectivity index is 1.58. The van der Waals surface area contributed by atoms with Crippen LogP contribution in [-0.4, -0.2) is 62.5 Å². The fraction of sp³-hybridized carbons (Fsp3) is 0.571. The molecule has 0 radical (unpaired) electrons. The van der Waals surface area contributed by atoms with Crippen molar-refractivity contribution in [1.29, 1.82) is 0 Å². The predicted octanol–water partition coefficient (Wildman–Crippen LogP) is 3.01. The Morgan fingerprint density at radius 3 is 2.62 bits per heavy atom. The van der Waals surface area contributed by atoms with Crippen molar-refractivity contribution in [3.63, 3.8) is 0 Å². The zero-order valence-electron chi connectivity index (χ0n) is 16.1. The van der Waals surface area contributed by atoms with E-state index in [9.17, 15) is 9.18 Å². The number of nitrogens with zero attached hydrogens (tertiary/aromatic N) is 2. The van der Waals surface area contributed by atoms with Gasteiger partial charge >= 0.3 is 0 Å². The highest BCUT2D eigenvalue weighted by Gasteiger charge is 2.19. The highest BCUT2D eigenvalue weighted by atomic mass is 19.1. The van der Waals surface area contributed by atoms with Gasteiger partial charge in [-0.2, -0.15) is 0 Å². The van der Waals surface area contributed by atoms with Crippen LogP contribution in [0.4, 0.5) is 4.39 Å². The van der Waals surface area contributed by atoms with E-state index in [-0.39, 0.29) is 11.7 Å². The first kappa shape index (κ1) is 20.6. The lowest BCUT2D eigenvalue weighted by Gasteiger charge is -2.31. The smallest absolute Gasteiger partial charge is 0.220 e. The first-order valence-electron chi connectivity index (χ1n) is 9.59. The molecule has 1 N–H and O–H groups in total. The molecule has 0 bridgehead atoms. The number of carbonyl (C=O) groups is 1. The van der Waals surface area contributed by atoms with Crippen LogP contribution < -0.4 is 5.32 Å². The molecule has 0 atom stereocenters. The number of carbonyl (C=O) groups excluding carboxylic acids is 1. The molecule has 1 aromatic carbocycles. The van der Waals surface area contributed by atoms with Gasteiger partial charge in [0.15, 0.2) is 0 Å². The molecule has 0 unspecified atom stereocenters. The molecule has 4 nitrogen and oxygen atoms in total. The van der Waals surface area contributed by atoms with E-state index >= 15 is 0 Å². The number of likely N-dealkylation sites (tertiary alicyclic amines) is 1. The third kappa shape index (κ3) is 8.11. The molecule has 5 heteroatoms. The van der Waals surface area contributed by atoms with Crippen molar-refractivity contribution in [2.45, 2.75) is 25.7 Å². The van der Waals surface area contributed by atoms with Gasteiger partial charge in [0.25, 0.3) is 0 Å². The van der Waals surface area contributed by atoms with E-state index in [1.807, 2.05) is 20.2 Å². The number of likely N-dealkylation sites (N-methyl/N-ethyl adjacent to an activating group) is 1. The molecule has 1 heterocycles. The number of piperidine rings is 1. The Morgan fingerprint density at radius 1 is 1.27 bits per heavy atom. The number of nitrogens with one attached hydrogen (secondary N) is 1. The van der Waals surface area contributed by atoms with Crippen molar-refractivity contribution in [2.24, 2.45) is 5.92 Å². The first-order valence-corrected chi connectivity index (χ1v) is 9.59. The van der Waals surface area contributed by atoms with Gasteiger partial charge in [-0.25, -0.2) is 4.39 Å². The third-order valence-electron chi connectivity index (χ3n) is 4.91. The number of hydrogen-bond acceptors (Lipinski definition) is 3. The van der Waals surface area contributed by atoms with E-state index in [1.165, 1.54) is 12.1 Å². The SMILES string of the molecule is CN(C)CCNC(=O)CCC1CCN(C/C=C/c2ccc(F)cc2)CC1. The van der Waals surface area contributed by atoms with Gasteiger partial charge in [0, 0.05) is 26.1 Å². The van der Waals surface area contributed by atoms with E-state index in [0.717, 1.165) is 57.5 Å². The molecular formula is C21H32FN3O. The fourth-order valence-corrected chi connectivity index (χ4v) is 3.21. The van der Waals surface area contributed by atoms with Gasteiger partial charge in [0.05, 0.1) is 0 Å². The summed E-state index contributed by atoms with van der Waals surface area (Å²) in [5.41, 5.74) is 1.03. The minimum atomic E-state index is -0.199. The van der Waals surface area contributed by atoms with E-state index < -0.39 is 0 Å². The van der Waals surface area contributed by atoms with Crippen molar-refractivity contribution in [3.05, 3.63) is 41.7 Å². The molecule has 2 rings (SSSR count). The lowest BCUT2D eigenvalue weighted by atomic mass is 9.92. The second kappa shape index (κ2) is 11.1. The quantitative estimate of drug-likeness (QED) is 0.734. The zero-order valence-corrected chi connectivity index (χ0v) is 16.1. The second-order valence-electron chi connectivity index (χ2n) is 7.39. The molecule has 1 amide bonds. The summed E-state index contributed by atoms with van der Waals surface area (Å²) >= 11 is 0. The highest BCUT2D eigenvalue weighted by Crippen LogP contribution is 2.21. The van der Waals surface area contributed by atoms with Crippen molar-refractivity contribution in [2.75, 3.05) is 46.8 Å². The van der Waals surface area contributed by atoms with Gasteiger partial charge in [-0.1, -0.05) is 24.3 Å². The third-order valence-corrected chi connectivity index (χ3v) is 4.91. The Bertz CT molecular complexity index is 563. The Kier molecular flexibility index (Phi) is 8.78. The van der Waals surface area contributed by atoms with Crippen molar-refractivity contribution in [1.82, 2.24) is 15.1 Å². The summed E-state index contributed by atoms with van der Waals surface area (Å²) in [7, 11) is 4.02. The minimum Gasteiger partial charge on any atom is -0.355 e. The molecule has 26 heavy (non-hydrogen) atoms. The summed E-state index contributed by atoms with van der Waals surface area (Å²) in [5.74, 6) is 0.638. The topological polar surface area (TPSA) is 35.6 Å². The molecule has 144 valence electrons. The molecule has 1 aliphatic rings. The summed E-state index contributed by atoms with van der Waals surface area (Å²) in [6.45, 7) is 4.71. The summed E-state index contributed by atoms with van der Waals surface area (Å²) < 4.78 is 12.9. The monoisotopic (exact) mass is 361 g/mol. The number of halogens is 1. The van der Waals surface area contributed by atoms with Gasteiger partial charge in [0.1, 0.15) is 5.82 Å². The molecule has 0 aliphatic carbocycles. The highest BCUT2D eigenvalue weighted by molar-refractivity contribution is 5.75. The standard InChI is InChI=1S/C21H32FN3O/c1-24(2)17-13-23-21(26)10-7-19-11-15-25(16-12-19)14-3-4-18-5-8-20(22)9-6-18/h3-6,8-9,19H,7,10-17H2,1-2H3,(H,23,26)/b4-3+. The lowest BCUT2D eigenvalue weighted by Crippen LogP contribution is -2.35. The van der Waals surface area contributed by atoms with Crippen LogP contribution in [0.25, 0.3) is 6.08 Å². The van der Waals surface area contributed by atoms with Crippen LogP contribution in [0.1, 0.15) is 31.2 Å². The predicted molar refractivity (Wildman–Crippen MR) is 105 cm³/mol. The Labute approximate surface area is 157 Å². The van der Waals surface area contributed by atoms with E-state index in [0.29, 0.717) is 12.3 Å². The molecule has 0 spiro atoms.